The van der Waals surface area contributed by atoms with Crippen LogP contribution in [0.25, 0.3) is 0 Å². The summed E-state index contributed by atoms with van der Waals surface area (Å²) in [6.45, 7) is 0. The molecule has 0 heterocycles. The molecule has 0 saturated carbocycles. The van der Waals surface area contributed by atoms with Gasteiger partial charge in [0, 0.05) is 12.1 Å². The molecule has 1 N–H and O–H groups in total. The lowest BCUT2D eigenvalue weighted by Gasteiger charge is -2.09. The fourth-order valence-electron chi connectivity index (χ4n) is 2.20. The molecule has 2 aromatic carbocycles. The molecule has 0 unspecified atom stereocenters. The third-order valence-corrected chi connectivity index (χ3v) is 3.30. The summed E-state index contributed by atoms with van der Waals surface area (Å²) in [7, 11) is 4.86. The molecular formula is C17H20O4. The highest BCUT2D eigenvalue weighted by Crippen LogP contribution is 2.25. The van der Waals surface area contributed by atoms with Crippen molar-refractivity contribution in [3.05, 3.63) is 47.5 Å². The summed E-state index contributed by atoms with van der Waals surface area (Å²) in [5.74, 6) is 2.43. The highest BCUT2D eigenvalue weighted by Gasteiger charge is 2.05. The second-order valence-electron chi connectivity index (χ2n) is 4.76. The first-order chi connectivity index (χ1) is 10.1. The van der Waals surface area contributed by atoms with Crippen molar-refractivity contribution >= 4 is 0 Å². The maximum absolute atomic E-state index is 9.67. The summed E-state index contributed by atoms with van der Waals surface area (Å²) in [6, 6.07) is 11.1. The van der Waals surface area contributed by atoms with Crippen LogP contribution in [0.3, 0.4) is 0 Å². The lowest BCUT2D eigenvalue weighted by Crippen LogP contribution is -1.95. The van der Waals surface area contributed by atoms with E-state index in [0.29, 0.717) is 5.75 Å². The van der Waals surface area contributed by atoms with Gasteiger partial charge in [-0.25, -0.2) is 0 Å². The van der Waals surface area contributed by atoms with Gasteiger partial charge in [0.1, 0.15) is 23.0 Å². The molecular weight excluding hydrogens is 268 g/mol. The minimum atomic E-state index is 0.215. The molecule has 4 nitrogen and oxygen atoms in total. The number of hydrogen-bond donors (Lipinski definition) is 1. The van der Waals surface area contributed by atoms with Gasteiger partial charge in [0.05, 0.1) is 21.3 Å². The van der Waals surface area contributed by atoms with Crippen molar-refractivity contribution in [3.63, 3.8) is 0 Å². The Morgan fingerprint density at radius 3 is 1.57 bits per heavy atom. The largest absolute Gasteiger partial charge is 0.508 e. The van der Waals surface area contributed by atoms with Crippen molar-refractivity contribution in [3.8, 4) is 23.0 Å². The van der Waals surface area contributed by atoms with E-state index >= 15 is 0 Å². The third-order valence-electron chi connectivity index (χ3n) is 3.30. The van der Waals surface area contributed by atoms with Crippen molar-refractivity contribution in [1.29, 1.82) is 0 Å². The van der Waals surface area contributed by atoms with Crippen LogP contribution >= 0.6 is 0 Å². The molecule has 21 heavy (non-hydrogen) atoms. The maximum atomic E-state index is 9.67. The molecule has 0 bridgehead atoms. The zero-order valence-corrected chi connectivity index (χ0v) is 12.6. The normalized spacial score (nSPS) is 10.2. The average molecular weight is 288 g/mol. The summed E-state index contributed by atoms with van der Waals surface area (Å²) in [5, 5.41) is 9.67. The van der Waals surface area contributed by atoms with E-state index < -0.39 is 0 Å². The van der Waals surface area contributed by atoms with Crippen LogP contribution in [0.15, 0.2) is 36.4 Å². The van der Waals surface area contributed by atoms with Gasteiger partial charge in [-0.05, 0) is 48.2 Å². The molecule has 0 spiro atoms. The quantitative estimate of drug-likeness (QED) is 0.886. The number of phenols is 1. The van der Waals surface area contributed by atoms with E-state index in [1.54, 1.807) is 33.5 Å². The molecule has 2 rings (SSSR count). The molecule has 0 aliphatic rings. The van der Waals surface area contributed by atoms with Crippen molar-refractivity contribution in [2.24, 2.45) is 0 Å². The second-order valence-corrected chi connectivity index (χ2v) is 4.76. The predicted octanol–water partition coefficient (Wildman–Crippen LogP) is 3.20. The monoisotopic (exact) mass is 288 g/mol. The Labute approximate surface area is 124 Å². The first kappa shape index (κ1) is 15.0. The van der Waals surface area contributed by atoms with E-state index in [9.17, 15) is 5.11 Å². The molecule has 0 aromatic heterocycles. The zero-order chi connectivity index (χ0) is 15.2. The van der Waals surface area contributed by atoms with Gasteiger partial charge in [0.25, 0.3) is 0 Å². The first-order valence-corrected chi connectivity index (χ1v) is 6.73. The lowest BCUT2D eigenvalue weighted by molar-refractivity contribution is 0.393. The smallest absolute Gasteiger partial charge is 0.122 e. The van der Waals surface area contributed by atoms with Crippen molar-refractivity contribution < 1.29 is 19.3 Å². The van der Waals surface area contributed by atoms with E-state index in [1.165, 1.54) is 0 Å². The number of aryl methyl sites for hydroxylation is 2. The Bertz CT molecular complexity index is 585. The van der Waals surface area contributed by atoms with E-state index in [2.05, 4.69) is 0 Å². The minimum Gasteiger partial charge on any atom is -0.508 e. The fraction of sp³-hybridized carbons (Fsp3) is 0.294. The molecule has 0 aliphatic heterocycles. The number of rotatable bonds is 6. The van der Waals surface area contributed by atoms with E-state index in [4.69, 9.17) is 14.2 Å². The fourth-order valence-corrected chi connectivity index (χ4v) is 2.20. The maximum Gasteiger partial charge on any atom is 0.122 e. The van der Waals surface area contributed by atoms with Crippen LogP contribution < -0.4 is 14.2 Å². The zero-order valence-electron chi connectivity index (χ0n) is 12.6. The van der Waals surface area contributed by atoms with Crippen molar-refractivity contribution in [2.75, 3.05) is 21.3 Å². The van der Waals surface area contributed by atoms with Crippen LogP contribution in [0.2, 0.25) is 0 Å². The Morgan fingerprint density at radius 2 is 1.10 bits per heavy atom. The van der Waals surface area contributed by atoms with E-state index in [1.807, 2.05) is 24.3 Å². The summed E-state index contributed by atoms with van der Waals surface area (Å²) >= 11 is 0. The number of ether oxygens (including phenoxy) is 3. The number of benzene rings is 2. The Kier molecular flexibility index (Phi) is 4.93. The van der Waals surface area contributed by atoms with Gasteiger partial charge in [-0.15, -0.1) is 0 Å². The summed E-state index contributed by atoms with van der Waals surface area (Å²) < 4.78 is 15.7. The van der Waals surface area contributed by atoms with Crippen LogP contribution in [0.1, 0.15) is 11.1 Å². The molecule has 0 saturated heterocycles. The molecule has 112 valence electrons. The molecule has 0 fully saturated rings. The van der Waals surface area contributed by atoms with Crippen LogP contribution in [-0.4, -0.2) is 26.4 Å². The highest BCUT2D eigenvalue weighted by atomic mass is 16.5. The average Bonchev–Trinajstić information content (AvgIpc) is 2.51. The van der Waals surface area contributed by atoms with Crippen LogP contribution in [0.5, 0.6) is 23.0 Å². The number of phenolic OH excluding ortho intramolecular Hbond substituents is 1. The Balaban J connectivity index is 2.14. The van der Waals surface area contributed by atoms with E-state index in [-0.39, 0.29) is 5.75 Å². The number of methoxy groups -OCH3 is 3. The van der Waals surface area contributed by atoms with E-state index in [0.717, 1.165) is 35.5 Å². The number of aromatic hydroxyl groups is 1. The third kappa shape index (κ3) is 4.05. The highest BCUT2D eigenvalue weighted by molar-refractivity contribution is 5.40. The van der Waals surface area contributed by atoms with Gasteiger partial charge in [-0.3, -0.25) is 0 Å². The van der Waals surface area contributed by atoms with Crippen LogP contribution in [0, 0.1) is 0 Å². The topological polar surface area (TPSA) is 47.9 Å². The lowest BCUT2D eigenvalue weighted by atomic mass is 10.0. The van der Waals surface area contributed by atoms with Gasteiger partial charge in [0.15, 0.2) is 0 Å². The second kappa shape index (κ2) is 6.88. The first-order valence-electron chi connectivity index (χ1n) is 6.73. The molecule has 0 atom stereocenters. The Morgan fingerprint density at radius 1 is 0.667 bits per heavy atom. The van der Waals surface area contributed by atoms with Gasteiger partial charge >= 0.3 is 0 Å². The summed E-state index contributed by atoms with van der Waals surface area (Å²) in [4.78, 5) is 0. The van der Waals surface area contributed by atoms with Gasteiger partial charge in [0.2, 0.25) is 0 Å². The van der Waals surface area contributed by atoms with Gasteiger partial charge in [-0.2, -0.15) is 0 Å². The minimum absolute atomic E-state index is 0.215. The van der Waals surface area contributed by atoms with Gasteiger partial charge < -0.3 is 19.3 Å². The van der Waals surface area contributed by atoms with Gasteiger partial charge in [-0.1, -0.05) is 0 Å². The summed E-state index contributed by atoms with van der Waals surface area (Å²) in [6.07, 6.45) is 1.61. The van der Waals surface area contributed by atoms with Crippen LogP contribution in [-0.2, 0) is 12.8 Å². The molecule has 2 aromatic rings. The van der Waals surface area contributed by atoms with Crippen LogP contribution in [0.4, 0.5) is 0 Å². The SMILES string of the molecule is COc1cc(O)cc(CCc2cc(OC)cc(OC)c2)c1. The number of hydrogen-bond acceptors (Lipinski definition) is 4. The predicted molar refractivity (Wildman–Crippen MR) is 81.6 cm³/mol. The van der Waals surface area contributed by atoms with Crippen molar-refractivity contribution in [2.45, 2.75) is 12.8 Å². The standard InChI is InChI=1S/C17H20O4/c1-19-15-7-12(6-14(18)10-15)4-5-13-8-16(20-2)11-17(9-13)21-3/h6-11,18H,4-5H2,1-3H3. The molecule has 0 aliphatic carbocycles. The van der Waals surface area contributed by atoms with Crippen molar-refractivity contribution in [1.82, 2.24) is 0 Å². The molecule has 4 heteroatoms. The molecule has 0 amide bonds. The Hall–Kier alpha value is -2.36. The summed E-state index contributed by atoms with van der Waals surface area (Å²) in [5.41, 5.74) is 2.14. The molecule has 0 radical (unpaired) electrons.